The van der Waals surface area contributed by atoms with Gasteiger partial charge in [0.1, 0.15) is 5.82 Å². The lowest BCUT2D eigenvalue weighted by Gasteiger charge is -2.12. The van der Waals surface area contributed by atoms with Gasteiger partial charge in [-0.25, -0.2) is 14.4 Å². The second kappa shape index (κ2) is 13.7. The first-order chi connectivity index (χ1) is 14.2. The molecule has 0 saturated heterocycles. The molecule has 0 radical (unpaired) electrons. The number of ether oxygens (including phenoxy) is 2. The summed E-state index contributed by atoms with van der Waals surface area (Å²) in [4.78, 5) is 8.46. The minimum absolute atomic E-state index is 0.303. The van der Waals surface area contributed by atoms with E-state index in [-0.39, 0.29) is 5.82 Å². The molecule has 0 atom stereocenters. The summed E-state index contributed by atoms with van der Waals surface area (Å²) < 4.78 is 27.0. The highest BCUT2D eigenvalue weighted by atomic mass is 19.1. The number of hydrogen-bond acceptors (Lipinski definition) is 4. The van der Waals surface area contributed by atoms with Gasteiger partial charge in [-0.2, -0.15) is 0 Å². The highest BCUT2D eigenvalue weighted by molar-refractivity contribution is 5.79. The molecule has 0 spiro atoms. The van der Waals surface area contributed by atoms with E-state index in [0.717, 1.165) is 31.6 Å². The molecule has 160 valence electrons. The summed E-state index contributed by atoms with van der Waals surface area (Å²) in [5.74, 6) is 0.373. The Labute approximate surface area is 172 Å². The lowest BCUT2D eigenvalue weighted by Crippen LogP contribution is -2.39. The highest BCUT2D eigenvalue weighted by Gasteiger charge is 2.05. The number of halogens is 1. The summed E-state index contributed by atoms with van der Waals surface area (Å²) >= 11 is 0. The minimum atomic E-state index is -0.303. The Morgan fingerprint density at radius 3 is 2.66 bits per heavy atom. The molecule has 2 N–H and O–H groups in total. The van der Waals surface area contributed by atoms with Gasteiger partial charge >= 0.3 is 0 Å². The zero-order valence-corrected chi connectivity index (χ0v) is 17.4. The van der Waals surface area contributed by atoms with Gasteiger partial charge in [0.2, 0.25) is 0 Å². The lowest BCUT2D eigenvalue weighted by atomic mass is 10.2. The van der Waals surface area contributed by atoms with Crippen molar-refractivity contribution < 1.29 is 13.9 Å². The first kappa shape index (κ1) is 22.8. The van der Waals surface area contributed by atoms with Gasteiger partial charge in [-0.15, -0.1) is 0 Å². The zero-order chi connectivity index (χ0) is 20.7. The average molecular weight is 406 g/mol. The summed E-state index contributed by atoms with van der Waals surface area (Å²) in [6, 6.07) is 5.11. The molecular formula is C21H32FN5O2. The van der Waals surface area contributed by atoms with Crippen LogP contribution in [0.3, 0.4) is 0 Å². The number of nitrogens with one attached hydrogen (secondary N) is 2. The third-order valence-corrected chi connectivity index (χ3v) is 4.11. The fourth-order valence-corrected chi connectivity index (χ4v) is 2.58. The number of aliphatic imine (C=N–C) groups is 1. The van der Waals surface area contributed by atoms with Gasteiger partial charge in [-0.1, -0.05) is 19.4 Å². The van der Waals surface area contributed by atoms with Gasteiger partial charge in [-0.3, -0.25) is 0 Å². The van der Waals surface area contributed by atoms with Crippen LogP contribution in [-0.2, 0) is 16.0 Å². The first-order valence-corrected chi connectivity index (χ1v) is 10.2. The van der Waals surface area contributed by atoms with Crippen molar-refractivity contribution in [3.05, 3.63) is 48.3 Å². The zero-order valence-electron chi connectivity index (χ0n) is 17.4. The molecule has 0 fully saturated rings. The molecule has 8 heteroatoms. The molecule has 1 aromatic carbocycles. The van der Waals surface area contributed by atoms with Crippen LogP contribution in [0.5, 0.6) is 0 Å². The molecule has 0 aliphatic rings. The number of aromatic nitrogens is 2. The Bertz CT molecular complexity index is 722. The van der Waals surface area contributed by atoms with Crippen molar-refractivity contribution in [1.82, 2.24) is 20.2 Å². The molecule has 0 unspecified atom stereocenters. The highest BCUT2D eigenvalue weighted by Crippen LogP contribution is 2.15. The van der Waals surface area contributed by atoms with Crippen molar-refractivity contribution in [3.8, 4) is 5.69 Å². The Balaban J connectivity index is 1.75. The van der Waals surface area contributed by atoms with E-state index in [1.807, 2.05) is 13.0 Å². The first-order valence-electron chi connectivity index (χ1n) is 10.2. The molecule has 0 aliphatic carbocycles. The second-order valence-corrected chi connectivity index (χ2v) is 6.46. The summed E-state index contributed by atoms with van der Waals surface area (Å²) in [6.45, 7) is 8.46. The predicted octanol–water partition coefficient (Wildman–Crippen LogP) is 2.90. The van der Waals surface area contributed by atoms with E-state index in [2.05, 4.69) is 27.5 Å². The molecule has 2 aromatic rings. The van der Waals surface area contributed by atoms with E-state index < -0.39 is 0 Å². The normalized spacial score (nSPS) is 11.6. The number of unbranched alkanes of at least 4 members (excludes halogenated alkanes) is 1. The van der Waals surface area contributed by atoms with Crippen molar-refractivity contribution in [3.63, 3.8) is 0 Å². The van der Waals surface area contributed by atoms with Crippen LogP contribution >= 0.6 is 0 Å². The lowest BCUT2D eigenvalue weighted by molar-refractivity contribution is 0.0487. The van der Waals surface area contributed by atoms with Crippen LogP contribution in [0.4, 0.5) is 4.39 Å². The number of imidazole rings is 1. The van der Waals surface area contributed by atoms with Crippen LogP contribution in [0.25, 0.3) is 5.69 Å². The SMILES string of the molecule is CCCCOCCOCCNC(=NCc1ccc(-n2ccnc2)c(F)c1)NCC. The predicted molar refractivity (Wildman–Crippen MR) is 113 cm³/mol. The largest absolute Gasteiger partial charge is 0.379 e. The van der Waals surface area contributed by atoms with E-state index in [1.165, 1.54) is 6.07 Å². The molecular weight excluding hydrogens is 373 g/mol. The van der Waals surface area contributed by atoms with E-state index >= 15 is 0 Å². The van der Waals surface area contributed by atoms with Crippen LogP contribution in [-0.4, -0.2) is 55.0 Å². The summed E-state index contributed by atoms with van der Waals surface area (Å²) in [6.07, 6.45) is 7.12. The molecule has 1 heterocycles. The Morgan fingerprint density at radius 2 is 1.97 bits per heavy atom. The monoisotopic (exact) mass is 405 g/mol. The Hall–Kier alpha value is -2.45. The second-order valence-electron chi connectivity index (χ2n) is 6.46. The number of rotatable bonds is 13. The number of hydrogen-bond donors (Lipinski definition) is 2. The van der Waals surface area contributed by atoms with Gasteiger partial charge in [0.15, 0.2) is 5.96 Å². The summed E-state index contributed by atoms with van der Waals surface area (Å²) in [5, 5.41) is 6.40. The third kappa shape index (κ3) is 8.62. The Kier molecular flexibility index (Phi) is 10.8. The third-order valence-electron chi connectivity index (χ3n) is 4.11. The molecule has 1 aromatic heterocycles. The molecule has 0 saturated carbocycles. The van der Waals surface area contributed by atoms with E-state index in [0.29, 0.717) is 44.6 Å². The van der Waals surface area contributed by atoms with Crippen molar-refractivity contribution in [2.75, 3.05) is 39.5 Å². The smallest absolute Gasteiger partial charge is 0.191 e. The molecule has 2 rings (SSSR count). The number of guanidine groups is 1. The minimum Gasteiger partial charge on any atom is -0.379 e. The fraction of sp³-hybridized carbons (Fsp3) is 0.524. The van der Waals surface area contributed by atoms with Crippen molar-refractivity contribution >= 4 is 5.96 Å². The van der Waals surface area contributed by atoms with Gasteiger partial charge in [0.25, 0.3) is 0 Å². The molecule has 0 aliphatic heterocycles. The molecule has 0 amide bonds. The van der Waals surface area contributed by atoms with Crippen LogP contribution < -0.4 is 10.6 Å². The quantitative estimate of drug-likeness (QED) is 0.305. The van der Waals surface area contributed by atoms with Crippen LogP contribution in [0.1, 0.15) is 32.3 Å². The van der Waals surface area contributed by atoms with Crippen LogP contribution in [0.15, 0.2) is 41.9 Å². The van der Waals surface area contributed by atoms with E-state index in [1.54, 1.807) is 29.4 Å². The van der Waals surface area contributed by atoms with Gasteiger partial charge in [0.05, 0.1) is 38.4 Å². The topological polar surface area (TPSA) is 72.7 Å². The molecule has 7 nitrogen and oxygen atoms in total. The standard InChI is InChI=1S/C21H32FN5O2/c1-3-5-11-28-13-14-29-12-9-25-21(24-4-2)26-16-18-6-7-20(19(22)15-18)27-10-8-23-17-27/h6-8,10,15,17H,3-5,9,11-14,16H2,1-2H3,(H2,24,25,26). The number of benzene rings is 1. The Morgan fingerprint density at radius 1 is 1.14 bits per heavy atom. The summed E-state index contributed by atoms with van der Waals surface area (Å²) in [7, 11) is 0. The van der Waals surface area contributed by atoms with E-state index in [4.69, 9.17) is 9.47 Å². The number of nitrogens with zero attached hydrogens (tertiary/aromatic N) is 3. The van der Waals surface area contributed by atoms with Gasteiger partial charge in [-0.05, 0) is 31.0 Å². The summed E-state index contributed by atoms with van der Waals surface area (Å²) in [5.41, 5.74) is 1.26. The van der Waals surface area contributed by atoms with Crippen molar-refractivity contribution in [1.29, 1.82) is 0 Å². The van der Waals surface area contributed by atoms with Gasteiger partial charge < -0.3 is 24.7 Å². The molecule has 0 bridgehead atoms. The molecule has 29 heavy (non-hydrogen) atoms. The van der Waals surface area contributed by atoms with Gasteiger partial charge in [0, 0.05) is 32.1 Å². The average Bonchev–Trinajstić information content (AvgIpc) is 3.25. The maximum atomic E-state index is 14.3. The maximum Gasteiger partial charge on any atom is 0.191 e. The van der Waals surface area contributed by atoms with Crippen molar-refractivity contribution in [2.45, 2.75) is 33.2 Å². The van der Waals surface area contributed by atoms with Crippen molar-refractivity contribution in [2.24, 2.45) is 4.99 Å². The maximum absolute atomic E-state index is 14.3. The van der Waals surface area contributed by atoms with Crippen LogP contribution in [0.2, 0.25) is 0 Å². The fourth-order valence-electron chi connectivity index (χ4n) is 2.58. The van der Waals surface area contributed by atoms with Crippen LogP contribution in [0, 0.1) is 5.82 Å². The van der Waals surface area contributed by atoms with E-state index in [9.17, 15) is 4.39 Å².